The number of hydrogen-bond donors (Lipinski definition) is 1. The molecule has 1 aromatic carbocycles. The van der Waals surface area contributed by atoms with Gasteiger partial charge in [0.25, 0.3) is 0 Å². The first-order valence-electron chi connectivity index (χ1n) is 5.97. The lowest BCUT2D eigenvalue weighted by Crippen LogP contribution is -2.24. The molecule has 4 heteroatoms. The second-order valence-electron chi connectivity index (χ2n) is 4.71. The van der Waals surface area contributed by atoms with Gasteiger partial charge >= 0.3 is 0 Å². The third kappa shape index (κ3) is 2.95. The Morgan fingerprint density at radius 3 is 3.00 bits per heavy atom. The Bertz CT molecular complexity index is 409. The number of benzene rings is 1. The minimum atomic E-state index is 0.743. The fourth-order valence-corrected chi connectivity index (χ4v) is 3.25. The SMILES string of the molecule is CNCC1CCN(c2cc(Cl)c(C)cc2Br)C1. The van der Waals surface area contributed by atoms with Crippen LogP contribution in [0.25, 0.3) is 0 Å². The quantitative estimate of drug-likeness (QED) is 0.918. The molecule has 1 heterocycles. The van der Waals surface area contributed by atoms with Crippen molar-refractivity contribution in [3.63, 3.8) is 0 Å². The normalized spacial score (nSPS) is 20.0. The number of rotatable bonds is 3. The molecule has 2 nitrogen and oxygen atoms in total. The molecule has 94 valence electrons. The molecule has 0 aromatic heterocycles. The van der Waals surface area contributed by atoms with Crippen LogP contribution in [0.1, 0.15) is 12.0 Å². The van der Waals surface area contributed by atoms with Gasteiger partial charge in [-0.15, -0.1) is 0 Å². The first-order chi connectivity index (χ1) is 8.11. The second-order valence-corrected chi connectivity index (χ2v) is 5.97. The fourth-order valence-electron chi connectivity index (χ4n) is 2.38. The van der Waals surface area contributed by atoms with Crippen LogP contribution in [0.2, 0.25) is 5.02 Å². The highest BCUT2D eigenvalue weighted by Gasteiger charge is 2.23. The highest BCUT2D eigenvalue weighted by Crippen LogP contribution is 2.34. The van der Waals surface area contributed by atoms with Crippen molar-refractivity contribution in [3.05, 3.63) is 27.2 Å². The zero-order chi connectivity index (χ0) is 12.4. The van der Waals surface area contributed by atoms with Gasteiger partial charge in [-0.25, -0.2) is 0 Å². The first-order valence-corrected chi connectivity index (χ1v) is 7.14. The summed E-state index contributed by atoms with van der Waals surface area (Å²) in [5.74, 6) is 0.743. The average molecular weight is 318 g/mol. The van der Waals surface area contributed by atoms with E-state index in [0.717, 1.165) is 40.6 Å². The topological polar surface area (TPSA) is 15.3 Å². The molecular weight excluding hydrogens is 300 g/mol. The highest BCUT2D eigenvalue weighted by molar-refractivity contribution is 9.10. The van der Waals surface area contributed by atoms with Crippen molar-refractivity contribution in [1.82, 2.24) is 5.32 Å². The van der Waals surface area contributed by atoms with E-state index in [1.807, 2.05) is 14.0 Å². The van der Waals surface area contributed by atoms with Crippen LogP contribution in [-0.4, -0.2) is 26.7 Å². The van der Waals surface area contributed by atoms with E-state index in [1.165, 1.54) is 12.1 Å². The maximum absolute atomic E-state index is 6.20. The molecule has 0 bridgehead atoms. The van der Waals surface area contributed by atoms with Crippen molar-refractivity contribution in [1.29, 1.82) is 0 Å². The van der Waals surface area contributed by atoms with E-state index in [0.29, 0.717) is 0 Å². The van der Waals surface area contributed by atoms with Gasteiger partial charge in [-0.2, -0.15) is 0 Å². The largest absolute Gasteiger partial charge is 0.370 e. The molecule has 1 aromatic rings. The molecule has 0 saturated carbocycles. The van der Waals surface area contributed by atoms with Crippen LogP contribution in [0.4, 0.5) is 5.69 Å². The number of nitrogens with zero attached hydrogens (tertiary/aromatic N) is 1. The van der Waals surface area contributed by atoms with Crippen LogP contribution < -0.4 is 10.2 Å². The van der Waals surface area contributed by atoms with E-state index in [1.54, 1.807) is 0 Å². The molecule has 0 aliphatic carbocycles. The smallest absolute Gasteiger partial charge is 0.0525 e. The zero-order valence-corrected chi connectivity index (χ0v) is 12.6. The molecule has 17 heavy (non-hydrogen) atoms. The van der Waals surface area contributed by atoms with Crippen LogP contribution in [0, 0.1) is 12.8 Å². The lowest BCUT2D eigenvalue weighted by atomic mass is 10.1. The van der Waals surface area contributed by atoms with Gasteiger partial charge < -0.3 is 10.2 Å². The van der Waals surface area contributed by atoms with Crippen molar-refractivity contribution in [3.8, 4) is 0 Å². The fraction of sp³-hybridized carbons (Fsp3) is 0.538. The summed E-state index contributed by atoms with van der Waals surface area (Å²) in [5, 5.41) is 4.10. The summed E-state index contributed by atoms with van der Waals surface area (Å²) in [5.41, 5.74) is 2.34. The maximum atomic E-state index is 6.20. The minimum Gasteiger partial charge on any atom is -0.370 e. The maximum Gasteiger partial charge on any atom is 0.0525 e. The van der Waals surface area contributed by atoms with Gasteiger partial charge in [-0.3, -0.25) is 0 Å². The Balaban J connectivity index is 2.16. The minimum absolute atomic E-state index is 0.743. The summed E-state index contributed by atoms with van der Waals surface area (Å²) < 4.78 is 1.14. The lowest BCUT2D eigenvalue weighted by Gasteiger charge is -2.21. The van der Waals surface area contributed by atoms with E-state index in [4.69, 9.17) is 11.6 Å². The van der Waals surface area contributed by atoms with Gasteiger partial charge in [0.15, 0.2) is 0 Å². The molecule has 1 atom stereocenters. The number of aryl methyl sites for hydroxylation is 1. The lowest BCUT2D eigenvalue weighted by molar-refractivity contribution is 0.549. The molecule has 0 amide bonds. The number of anilines is 1. The first kappa shape index (κ1) is 13.2. The summed E-state index contributed by atoms with van der Waals surface area (Å²) in [7, 11) is 2.02. The third-order valence-electron chi connectivity index (χ3n) is 3.35. The highest BCUT2D eigenvalue weighted by atomic mass is 79.9. The van der Waals surface area contributed by atoms with Crippen molar-refractivity contribution in [2.45, 2.75) is 13.3 Å². The Morgan fingerprint density at radius 1 is 1.53 bits per heavy atom. The number of nitrogens with one attached hydrogen (secondary N) is 1. The van der Waals surface area contributed by atoms with E-state index in [9.17, 15) is 0 Å². The number of hydrogen-bond acceptors (Lipinski definition) is 2. The monoisotopic (exact) mass is 316 g/mol. The van der Waals surface area contributed by atoms with Crippen LogP contribution in [-0.2, 0) is 0 Å². The van der Waals surface area contributed by atoms with Gasteiger partial charge in [-0.05, 0) is 66.5 Å². The van der Waals surface area contributed by atoms with Crippen LogP contribution in [0.3, 0.4) is 0 Å². The number of halogens is 2. The predicted molar refractivity (Wildman–Crippen MR) is 78.1 cm³/mol. The average Bonchev–Trinajstić information content (AvgIpc) is 2.72. The molecule has 1 aliphatic rings. The summed E-state index contributed by atoms with van der Waals surface area (Å²) in [6, 6.07) is 4.17. The Labute approximate surface area is 116 Å². The van der Waals surface area contributed by atoms with E-state index >= 15 is 0 Å². The molecule has 0 spiro atoms. The second kappa shape index (κ2) is 5.59. The van der Waals surface area contributed by atoms with Crippen molar-refractivity contribution < 1.29 is 0 Å². The van der Waals surface area contributed by atoms with Gasteiger partial charge in [-0.1, -0.05) is 11.6 Å². The summed E-state index contributed by atoms with van der Waals surface area (Å²) in [4.78, 5) is 2.41. The molecule has 2 rings (SSSR count). The van der Waals surface area contributed by atoms with E-state index in [2.05, 4.69) is 38.3 Å². The van der Waals surface area contributed by atoms with Gasteiger partial charge in [0.1, 0.15) is 0 Å². The molecule has 1 fully saturated rings. The van der Waals surface area contributed by atoms with Gasteiger partial charge in [0.05, 0.1) is 5.69 Å². The molecule has 1 saturated heterocycles. The summed E-state index contributed by atoms with van der Waals surface area (Å²) in [6.07, 6.45) is 1.25. The standard InChI is InChI=1S/C13H18BrClN2/c1-9-5-11(14)13(6-12(9)15)17-4-3-10(8-17)7-16-2/h5-6,10,16H,3-4,7-8H2,1-2H3. The van der Waals surface area contributed by atoms with Crippen molar-refractivity contribution >= 4 is 33.2 Å². The molecular formula is C13H18BrClN2. The molecule has 0 radical (unpaired) electrons. The van der Waals surface area contributed by atoms with Gasteiger partial charge in [0.2, 0.25) is 0 Å². The molecule has 1 unspecified atom stereocenters. The van der Waals surface area contributed by atoms with Gasteiger partial charge in [0, 0.05) is 22.6 Å². The Kier molecular flexibility index (Phi) is 4.34. The van der Waals surface area contributed by atoms with Crippen LogP contribution >= 0.6 is 27.5 Å². The van der Waals surface area contributed by atoms with E-state index < -0.39 is 0 Å². The van der Waals surface area contributed by atoms with Crippen LogP contribution in [0.15, 0.2) is 16.6 Å². The Hall–Kier alpha value is -0.250. The van der Waals surface area contributed by atoms with E-state index in [-0.39, 0.29) is 0 Å². The van der Waals surface area contributed by atoms with Crippen molar-refractivity contribution in [2.75, 3.05) is 31.6 Å². The predicted octanol–water partition coefficient (Wildman–Crippen LogP) is 3.46. The Morgan fingerprint density at radius 2 is 2.29 bits per heavy atom. The molecule has 1 aliphatic heterocycles. The van der Waals surface area contributed by atoms with Crippen molar-refractivity contribution in [2.24, 2.45) is 5.92 Å². The summed E-state index contributed by atoms with van der Waals surface area (Å²) >= 11 is 9.84. The zero-order valence-electron chi connectivity index (χ0n) is 10.3. The molecule has 1 N–H and O–H groups in total. The van der Waals surface area contributed by atoms with Crippen LogP contribution in [0.5, 0.6) is 0 Å². The third-order valence-corrected chi connectivity index (χ3v) is 4.39. The summed E-state index contributed by atoms with van der Waals surface area (Å²) in [6.45, 7) is 5.35.